The number of rotatable bonds is 24. The third kappa shape index (κ3) is 10.3. The molecular weight excluding hydrogens is 748 g/mol. The zero-order valence-electron chi connectivity index (χ0n) is 30.6. The molecule has 0 N–H and O–H groups in total. The van der Waals surface area contributed by atoms with E-state index in [2.05, 4.69) is 94.2 Å². The van der Waals surface area contributed by atoms with Gasteiger partial charge in [0.05, 0.1) is 33.2 Å². The first-order valence-electron chi connectivity index (χ1n) is 19.8. The number of hydrogen-bond acceptors (Lipinski definition) is 4. The highest BCUT2D eigenvalue weighted by Crippen LogP contribution is 2.48. The van der Waals surface area contributed by atoms with Gasteiger partial charge in [-0.15, -0.1) is 0 Å². The van der Waals surface area contributed by atoms with Crippen LogP contribution in [0.4, 0.5) is 0 Å². The molecule has 0 bridgehead atoms. The lowest BCUT2D eigenvalue weighted by atomic mass is 9.99. The van der Waals surface area contributed by atoms with Crippen LogP contribution >= 0.6 is 31.9 Å². The molecule has 0 fully saturated rings. The van der Waals surface area contributed by atoms with E-state index in [1.54, 1.807) is 0 Å². The number of aromatic nitrogens is 2. The molecule has 0 spiro atoms. The van der Waals surface area contributed by atoms with Crippen molar-refractivity contribution in [3.8, 4) is 11.5 Å². The molecule has 0 radical (unpaired) electrons. The number of halogens is 2. The highest BCUT2D eigenvalue weighted by Gasteiger charge is 2.24. The van der Waals surface area contributed by atoms with Crippen LogP contribution in [-0.4, -0.2) is 23.2 Å². The Morgan fingerprint density at radius 2 is 0.700 bits per heavy atom. The fourth-order valence-corrected chi connectivity index (χ4v) is 8.31. The van der Waals surface area contributed by atoms with Gasteiger partial charge in [-0.05, 0) is 55.5 Å². The quantitative estimate of drug-likeness (QED) is 0.0354. The number of fused-ring (bicyclic) bond motifs is 7. The first-order valence-corrected chi connectivity index (χ1v) is 21.4. The smallest absolute Gasteiger partial charge is 0.178 e. The van der Waals surface area contributed by atoms with Crippen LogP contribution in [0.3, 0.4) is 0 Å². The Hall–Kier alpha value is -2.44. The standard InChI is InChI=1S/C44H58Br2N2O2/c1-3-5-7-9-11-13-15-17-19-25-31-49-43-37(45)41-42(38(46)44(43)50-32-26-20-18-16-14-12-10-8-6-4-2)48-40-36-30-24-22-28-34(36)33-27-21-23-29-35(33)39(40)47-41/h21-24,27-30H,3-20,25-26,31-32H2,1-2H3. The summed E-state index contributed by atoms with van der Waals surface area (Å²) in [4.78, 5) is 10.6. The van der Waals surface area contributed by atoms with E-state index in [1.165, 1.54) is 126 Å². The van der Waals surface area contributed by atoms with Crippen molar-refractivity contribution in [3.63, 3.8) is 0 Å². The molecule has 50 heavy (non-hydrogen) atoms. The Morgan fingerprint density at radius 1 is 0.400 bits per heavy atom. The van der Waals surface area contributed by atoms with Crippen LogP contribution in [0.5, 0.6) is 11.5 Å². The van der Waals surface area contributed by atoms with Crippen LogP contribution in [-0.2, 0) is 0 Å². The van der Waals surface area contributed by atoms with Crippen LogP contribution < -0.4 is 9.47 Å². The van der Waals surface area contributed by atoms with E-state index in [9.17, 15) is 0 Å². The van der Waals surface area contributed by atoms with Crippen molar-refractivity contribution in [2.24, 2.45) is 0 Å². The van der Waals surface area contributed by atoms with Crippen molar-refractivity contribution < 1.29 is 9.47 Å². The van der Waals surface area contributed by atoms with E-state index in [0.717, 1.165) is 66.1 Å². The van der Waals surface area contributed by atoms with Crippen molar-refractivity contribution in [2.75, 3.05) is 13.2 Å². The molecule has 0 aliphatic heterocycles. The molecule has 6 heteroatoms. The Labute approximate surface area is 317 Å². The highest BCUT2D eigenvalue weighted by atomic mass is 79.9. The minimum absolute atomic E-state index is 0.649. The van der Waals surface area contributed by atoms with Crippen molar-refractivity contribution in [3.05, 3.63) is 57.5 Å². The molecule has 4 aromatic carbocycles. The van der Waals surface area contributed by atoms with Crippen LogP contribution in [0, 0.1) is 0 Å². The van der Waals surface area contributed by atoms with Gasteiger partial charge in [0.1, 0.15) is 11.0 Å². The lowest BCUT2D eigenvalue weighted by molar-refractivity contribution is 0.256. The second-order valence-electron chi connectivity index (χ2n) is 14.1. The van der Waals surface area contributed by atoms with Crippen molar-refractivity contribution in [1.82, 2.24) is 9.97 Å². The van der Waals surface area contributed by atoms with Crippen LogP contribution in [0.15, 0.2) is 57.5 Å². The van der Waals surface area contributed by atoms with Gasteiger partial charge in [-0.1, -0.05) is 178 Å². The average molecular weight is 807 g/mol. The van der Waals surface area contributed by atoms with Crippen LogP contribution in [0.25, 0.3) is 43.6 Å². The van der Waals surface area contributed by atoms with Gasteiger partial charge in [0.15, 0.2) is 11.5 Å². The molecule has 0 atom stereocenters. The molecule has 0 amide bonds. The SMILES string of the molecule is CCCCCCCCCCCCOc1c(OCCCCCCCCCCCC)c(Br)c2nc3c4ccccc4c4ccccc4c3nc2c1Br. The molecule has 5 aromatic rings. The molecule has 1 aromatic heterocycles. The summed E-state index contributed by atoms with van der Waals surface area (Å²) in [7, 11) is 0. The molecule has 270 valence electrons. The van der Waals surface area contributed by atoms with Gasteiger partial charge in [-0.3, -0.25) is 0 Å². The first-order chi connectivity index (χ1) is 24.7. The summed E-state index contributed by atoms with van der Waals surface area (Å²) in [5.41, 5.74) is 3.38. The highest BCUT2D eigenvalue weighted by molar-refractivity contribution is 9.11. The summed E-state index contributed by atoms with van der Waals surface area (Å²) in [5, 5.41) is 4.59. The van der Waals surface area contributed by atoms with E-state index in [1.807, 2.05) is 0 Å². The van der Waals surface area contributed by atoms with E-state index < -0.39 is 0 Å². The largest absolute Gasteiger partial charge is 0.488 e. The first kappa shape index (κ1) is 38.8. The summed E-state index contributed by atoms with van der Waals surface area (Å²) in [6, 6.07) is 17.0. The summed E-state index contributed by atoms with van der Waals surface area (Å²) >= 11 is 7.88. The van der Waals surface area contributed by atoms with Gasteiger partial charge in [-0.25, -0.2) is 9.97 Å². The minimum Gasteiger partial charge on any atom is -0.488 e. The monoisotopic (exact) mass is 804 g/mol. The maximum atomic E-state index is 6.58. The Kier molecular flexibility index (Phi) is 16.4. The lowest BCUT2D eigenvalue weighted by Crippen LogP contribution is -2.06. The zero-order valence-corrected chi connectivity index (χ0v) is 33.8. The topological polar surface area (TPSA) is 44.2 Å². The van der Waals surface area contributed by atoms with Crippen molar-refractivity contribution in [2.45, 2.75) is 142 Å². The molecule has 0 unspecified atom stereocenters. The maximum Gasteiger partial charge on any atom is 0.178 e. The predicted molar refractivity (Wildman–Crippen MR) is 222 cm³/mol. The van der Waals surface area contributed by atoms with E-state index in [-0.39, 0.29) is 0 Å². The second kappa shape index (κ2) is 21.2. The van der Waals surface area contributed by atoms with Crippen LogP contribution in [0.2, 0.25) is 0 Å². The number of hydrogen-bond donors (Lipinski definition) is 0. The Morgan fingerprint density at radius 3 is 1.04 bits per heavy atom. The van der Waals surface area contributed by atoms with Gasteiger partial charge in [0, 0.05) is 10.8 Å². The zero-order chi connectivity index (χ0) is 35.0. The molecule has 0 aliphatic rings. The molecule has 5 rings (SSSR count). The number of nitrogens with zero attached hydrogens (tertiary/aromatic N) is 2. The Balaban J connectivity index is 1.32. The van der Waals surface area contributed by atoms with Gasteiger partial charge in [0.25, 0.3) is 0 Å². The van der Waals surface area contributed by atoms with Crippen LogP contribution in [0.1, 0.15) is 142 Å². The number of ether oxygens (including phenoxy) is 2. The molecular formula is C44H58Br2N2O2. The summed E-state index contributed by atoms with van der Waals surface area (Å²) in [6.45, 7) is 5.86. The van der Waals surface area contributed by atoms with Crippen molar-refractivity contribution in [1.29, 1.82) is 0 Å². The normalized spacial score (nSPS) is 11.8. The number of unbranched alkanes of at least 4 members (excludes halogenated alkanes) is 18. The summed E-state index contributed by atoms with van der Waals surface area (Å²) in [5.74, 6) is 1.46. The lowest BCUT2D eigenvalue weighted by Gasteiger charge is -2.19. The van der Waals surface area contributed by atoms with Gasteiger partial charge in [-0.2, -0.15) is 0 Å². The van der Waals surface area contributed by atoms with Gasteiger partial charge < -0.3 is 9.47 Å². The number of benzene rings is 4. The predicted octanol–water partition coefficient (Wildman–Crippen LogP) is 15.2. The van der Waals surface area contributed by atoms with Gasteiger partial charge in [0.2, 0.25) is 0 Å². The molecule has 0 aliphatic carbocycles. The Bertz CT molecular complexity index is 1660. The van der Waals surface area contributed by atoms with Gasteiger partial charge >= 0.3 is 0 Å². The third-order valence-electron chi connectivity index (χ3n) is 10.1. The molecule has 0 saturated carbocycles. The van der Waals surface area contributed by atoms with E-state index in [4.69, 9.17) is 19.4 Å². The second-order valence-corrected chi connectivity index (χ2v) is 15.6. The maximum absolute atomic E-state index is 6.58. The molecule has 1 heterocycles. The average Bonchev–Trinajstić information content (AvgIpc) is 3.15. The fraction of sp³-hybridized carbons (Fsp3) is 0.545. The van der Waals surface area contributed by atoms with E-state index >= 15 is 0 Å². The fourth-order valence-electron chi connectivity index (χ4n) is 7.17. The minimum atomic E-state index is 0.649. The molecule has 0 saturated heterocycles. The summed E-state index contributed by atoms with van der Waals surface area (Å²) in [6.07, 6.45) is 25.9. The van der Waals surface area contributed by atoms with E-state index in [0.29, 0.717) is 13.2 Å². The van der Waals surface area contributed by atoms with Crippen molar-refractivity contribution >= 4 is 75.5 Å². The summed E-state index contributed by atoms with van der Waals surface area (Å²) < 4.78 is 14.8. The third-order valence-corrected chi connectivity index (χ3v) is 11.5. The molecule has 4 nitrogen and oxygen atoms in total.